The van der Waals surface area contributed by atoms with Crippen LogP contribution < -0.4 is 5.43 Å². The third-order valence-corrected chi connectivity index (χ3v) is 4.93. The molecular formula is C17H15ClN2O3S. The largest absolute Gasteiger partial charge is 0.365 e. The van der Waals surface area contributed by atoms with E-state index >= 15 is 0 Å². The zero-order valence-electron chi connectivity index (χ0n) is 12.6. The number of halogens is 1. The molecule has 1 aliphatic heterocycles. The van der Waals surface area contributed by atoms with Crippen LogP contribution in [0.15, 0.2) is 54.6 Å². The summed E-state index contributed by atoms with van der Waals surface area (Å²) < 4.78 is 0. The van der Waals surface area contributed by atoms with Crippen molar-refractivity contribution in [1.29, 1.82) is 0 Å². The number of amides is 2. The van der Waals surface area contributed by atoms with Crippen LogP contribution in [0, 0.1) is 0 Å². The molecule has 124 valence electrons. The lowest BCUT2D eigenvalue weighted by atomic mass is 10.0. The topological polar surface area (TPSA) is 69.6 Å². The molecule has 3 rings (SSSR count). The van der Waals surface area contributed by atoms with E-state index in [9.17, 15) is 14.7 Å². The molecule has 0 spiro atoms. The van der Waals surface area contributed by atoms with Gasteiger partial charge in [0.25, 0.3) is 0 Å². The maximum Gasteiger partial charge on any atom is 0.303 e. The molecule has 1 heterocycles. The molecule has 1 unspecified atom stereocenters. The standard InChI is InChI=1S/C17H15ClN2O3S/c18-14-8-6-12(7-9-14)10-15(21)19-20-16(22)24-11-17(20,23)13-4-2-1-3-5-13/h1-9,23H,10-11H2,(H,19,21). The van der Waals surface area contributed by atoms with E-state index in [-0.39, 0.29) is 18.1 Å². The molecular weight excluding hydrogens is 348 g/mol. The van der Waals surface area contributed by atoms with Crippen LogP contribution in [-0.4, -0.2) is 27.0 Å². The first-order valence-corrected chi connectivity index (χ1v) is 8.64. The average Bonchev–Trinajstić information content (AvgIpc) is 2.87. The summed E-state index contributed by atoms with van der Waals surface area (Å²) >= 11 is 6.78. The summed E-state index contributed by atoms with van der Waals surface area (Å²) in [6.07, 6.45) is 0.0798. The number of benzene rings is 2. The van der Waals surface area contributed by atoms with Crippen molar-refractivity contribution in [3.05, 3.63) is 70.7 Å². The number of rotatable bonds is 4. The average molecular weight is 363 g/mol. The molecule has 7 heteroatoms. The molecule has 0 bridgehead atoms. The van der Waals surface area contributed by atoms with Crippen LogP contribution in [0.5, 0.6) is 0 Å². The summed E-state index contributed by atoms with van der Waals surface area (Å²) in [7, 11) is 0. The number of hydrogen-bond acceptors (Lipinski definition) is 4. The highest BCUT2D eigenvalue weighted by molar-refractivity contribution is 8.13. The normalized spacial score (nSPS) is 20.2. The third-order valence-electron chi connectivity index (χ3n) is 3.70. The van der Waals surface area contributed by atoms with E-state index in [2.05, 4.69) is 5.43 Å². The van der Waals surface area contributed by atoms with Gasteiger partial charge in [0.2, 0.25) is 5.91 Å². The van der Waals surface area contributed by atoms with Gasteiger partial charge in [-0.2, -0.15) is 0 Å². The molecule has 0 radical (unpaired) electrons. The minimum atomic E-state index is -1.56. The van der Waals surface area contributed by atoms with Gasteiger partial charge in [0.05, 0.1) is 12.2 Å². The predicted molar refractivity (Wildman–Crippen MR) is 93.3 cm³/mol. The van der Waals surface area contributed by atoms with Gasteiger partial charge in [0.1, 0.15) is 0 Å². The van der Waals surface area contributed by atoms with Crippen molar-refractivity contribution in [1.82, 2.24) is 10.4 Å². The Morgan fingerprint density at radius 2 is 1.88 bits per heavy atom. The lowest BCUT2D eigenvalue weighted by Crippen LogP contribution is -2.54. The Kier molecular flexibility index (Phi) is 4.80. The molecule has 0 aromatic heterocycles. The van der Waals surface area contributed by atoms with Crippen molar-refractivity contribution in [2.45, 2.75) is 12.1 Å². The Balaban J connectivity index is 1.75. The fourth-order valence-electron chi connectivity index (χ4n) is 2.45. The molecule has 2 aromatic rings. The predicted octanol–water partition coefficient (Wildman–Crippen LogP) is 2.93. The Bertz CT molecular complexity index is 754. The summed E-state index contributed by atoms with van der Waals surface area (Å²) in [4.78, 5) is 24.4. The van der Waals surface area contributed by atoms with Gasteiger partial charge in [-0.3, -0.25) is 15.0 Å². The van der Waals surface area contributed by atoms with E-state index < -0.39 is 11.0 Å². The molecule has 1 saturated heterocycles. The molecule has 2 aromatic carbocycles. The quantitative estimate of drug-likeness (QED) is 0.877. The van der Waals surface area contributed by atoms with Gasteiger partial charge in [-0.25, -0.2) is 5.01 Å². The smallest absolute Gasteiger partial charge is 0.303 e. The van der Waals surface area contributed by atoms with E-state index in [4.69, 9.17) is 11.6 Å². The van der Waals surface area contributed by atoms with Gasteiger partial charge in [-0.15, -0.1) is 0 Å². The number of thioether (sulfide) groups is 1. The summed E-state index contributed by atoms with van der Waals surface area (Å²) in [5.74, 6) is -0.237. The Morgan fingerprint density at radius 1 is 1.21 bits per heavy atom. The molecule has 2 amide bonds. The van der Waals surface area contributed by atoms with Crippen molar-refractivity contribution in [2.24, 2.45) is 0 Å². The zero-order chi connectivity index (χ0) is 17.2. The number of hydrogen-bond donors (Lipinski definition) is 2. The highest BCUT2D eigenvalue weighted by atomic mass is 35.5. The minimum Gasteiger partial charge on any atom is -0.365 e. The van der Waals surface area contributed by atoms with Gasteiger partial charge in [0, 0.05) is 10.6 Å². The molecule has 2 N–H and O–H groups in total. The van der Waals surface area contributed by atoms with Crippen LogP contribution in [0.2, 0.25) is 5.02 Å². The second-order valence-electron chi connectivity index (χ2n) is 5.41. The van der Waals surface area contributed by atoms with Crippen molar-refractivity contribution in [3.8, 4) is 0 Å². The first-order chi connectivity index (χ1) is 11.5. The second kappa shape index (κ2) is 6.84. The molecule has 0 aliphatic carbocycles. The Labute approximate surface area is 148 Å². The number of carbonyl (C=O) groups is 2. The Hall–Kier alpha value is -2.02. The lowest BCUT2D eigenvalue weighted by molar-refractivity contribution is -0.136. The summed E-state index contributed by atoms with van der Waals surface area (Å²) in [5, 5.41) is 12.1. The van der Waals surface area contributed by atoms with Crippen molar-refractivity contribution < 1.29 is 14.7 Å². The van der Waals surface area contributed by atoms with Gasteiger partial charge in [-0.05, 0) is 17.7 Å². The van der Waals surface area contributed by atoms with E-state index in [1.54, 1.807) is 48.5 Å². The van der Waals surface area contributed by atoms with Gasteiger partial charge >= 0.3 is 5.24 Å². The summed E-state index contributed by atoms with van der Waals surface area (Å²) in [5.41, 5.74) is 2.28. The van der Waals surface area contributed by atoms with Crippen LogP contribution in [0.1, 0.15) is 11.1 Å². The SMILES string of the molecule is O=C(Cc1ccc(Cl)cc1)NN1C(=O)SCC1(O)c1ccccc1. The first kappa shape index (κ1) is 16.8. The van der Waals surface area contributed by atoms with Gasteiger partial charge in [0.15, 0.2) is 5.72 Å². The first-order valence-electron chi connectivity index (χ1n) is 7.28. The monoisotopic (exact) mass is 362 g/mol. The molecule has 1 atom stereocenters. The number of nitrogens with zero attached hydrogens (tertiary/aromatic N) is 1. The number of carbonyl (C=O) groups excluding carboxylic acids is 2. The van der Waals surface area contributed by atoms with Crippen LogP contribution >= 0.6 is 23.4 Å². The van der Waals surface area contributed by atoms with Crippen LogP contribution in [0.4, 0.5) is 4.79 Å². The maximum absolute atomic E-state index is 12.3. The van der Waals surface area contributed by atoms with Gasteiger partial charge < -0.3 is 5.11 Å². The van der Waals surface area contributed by atoms with Crippen molar-refractivity contribution >= 4 is 34.5 Å². The molecule has 1 fully saturated rings. The molecule has 5 nitrogen and oxygen atoms in total. The molecule has 0 saturated carbocycles. The summed E-state index contributed by atoms with van der Waals surface area (Å²) in [6.45, 7) is 0. The van der Waals surface area contributed by atoms with Crippen LogP contribution in [-0.2, 0) is 16.9 Å². The zero-order valence-corrected chi connectivity index (χ0v) is 14.2. The molecule has 24 heavy (non-hydrogen) atoms. The third kappa shape index (κ3) is 3.40. The maximum atomic E-state index is 12.3. The van der Waals surface area contributed by atoms with Crippen molar-refractivity contribution in [3.63, 3.8) is 0 Å². The summed E-state index contributed by atoms with van der Waals surface area (Å²) in [6, 6.07) is 15.7. The minimum absolute atomic E-state index is 0.0798. The molecule has 1 aliphatic rings. The van der Waals surface area contributed by atoms with Gasteiger partial charge in [-0.1, -0.05) is 65.8 Å². The Morgan fingerprint density at radius 3 is 2.54 bits per heavy atom. The highest BCUT2D eigenvalue weighted by Crippen LogP contribution is 2.37. The van der Waals surface area contributed by atoms with Crippen LogP contribution in [0.3, 0.4) is 0 Å². The fourth-order valence-corrected chi connectivity index (χ4v) is 3.52. The van der Waals surface area contributed by atoms with E-state index in [1.165, 1.54) is 0 Å². The van der Waals surface area contributed by atoms with E-state index in [0.717, 1.165) is 22.3 Å². The highest BCUT2D eigenvalue weighted by Gasteiger charge is 2.47. The van der Waals surface area contributed by atoms with E-state index in [0.29, 0.717) is 10.6 Å². The number of nitrogens with one attached hydrogen (secondary N) is 1. The second-order valence-corrected chi connectivity index (χ2v) is 6.77. The number of hydrazine groups is 1. The van der Waals surface area contributed by atoms with E-state index in [1.807, 2.05) is 6.07 Å². The number of aliphatic hydroxyl groups is 1. The lowest BCUT2D eigenvalue weighted by Gasteiger charge is -2.32. The van der Waals surface area contributed by atoms with Crippen LogP contribution in [0.25, 0.3) is 0 Å². The van der Waals surface area contributed by atoms with Crippen molar-refractivity contribution in [2.75, 3.05) is 5.75 Å². The fraction of sp³-hybridized carbons (Fsp3) is 0.176.